The van der Waals surface area contributed by atoms with Crippen LogP contribution in [0.4, 0.5) is 5.82 Å². The highest BCUT2D eigenvalue weighted by atomic mass is 32.2. The van der Waals surface area contributed by atoms with Crippen molar-refractivity contribution in [2.75, 3.05) is 77.9 Å². The molecular formula is C28H51N9O10S. The number of hydrogen-bond acceptors (Lipinski definition) is 16. The minimum absolute atomic E-state index is 0.197. The molecule has 0 spiro atoms. The van der Waals surface area contributed by atoms with Gasteiger partial charge in [0, 0.05) is 32.3 Å². The number of aliphatic carboxylic acids is 1. The maximum absolute atomic E-state index is 11.2. The standard InChI is InChI=1S/C28H51N9O10S/c1-48(41,42)36-7-3-10-44-13-15-45-14-12-43-9-2-6-32-8-11-46-24-23(38)21(16-19(29)4-5-20(30)28(39)40)47-27(24)37-18-35-22-25(31)33-17-34-26(22)37/h17-21,23-24,27,32,36,38H,2-16,29-30H2,1H3,(H,39,40)(H2,31,33,34)/t19-,20-,21+,23+,24+,27+/m0/s1. The number of nitrogens with two attached hydrogens (primary N) is 3. The SMILES string of the molecule is CS(=O)(=O)NCCCOCCOCCOCCCNCCO[C@@H]1[C@H](O)[C@@H](C[C@@H](N)CC[C@H](N)C(=O)O)O[C@H]1n1cnc2c(N)ncnc21. The van der Waals surface area contributed by atoms with Crippen molar-refractivity contribution < 1.29 is 47.1 Å². The molecule has 3 rings (SSSR count). The summed E-state index contributed by atoms with van der Waals surface area (Å²) in [5.41, 5.74) is 18.7. The Morgan fingerprint density at radius 2 is 1.67 bits per heavy atom. The largest absolute Gasteiger partial charge is 0.480 e. The molecule has 0 aliphatic carbocycles. The van der Waals surface area contributed by atoms with Crippen molar-refractivity contribution in [3.63, 3.8) is 0 Å². The first kappa shape index (κ1) is 39.8. The summed E-state index contributed by atoms with van der Waals surface area (Å²) < 4.78 is 54.8. The predicted molar refractivity (Wildman–Crippen MR) is 174 cm³/mol. The molecule has 1 aliphatic rings. The van der Waals surface area contributed by atoms with Crippen molar-refractivity contribution >= 4 is 33.0 Å². The molecule has 0 aromatic carbocycles. The lowest BCUT2D eigenvalue weighted by Crippen LogP contribution is -2.39. The fraction of sp³-hybridized carbons (Fsp3) is 0.786. The quantitative estimate of drug-likeness (QED) is 0.0518. The van der Waals surface area contributed by atoms with E-state index in [1.807, 2.05) is 0 Å². The number of nitrogens with zero attached hydrogens (tertiary/aromatic N) is 4. The maximum atomic E-state index is 11.2. The lowest BCUT2D eigenvalue weighted by atomic mass is 9.98. The van der Waals surface area contributed by atoms with Crippen LogP contribution >= 0.6 is 0 Å². The molecule has 20 heteroatoms. The summed E-state index contributed by atoms with van der Waals surface area (Å²) in [6.45, 7) is 4.59. The molecule has 0 amide bonds. The molecule has 0 unspecified atom stereocenters. The second-order valence-corrected chi connectivity index (χ2v) is 13.3. The van der Waals surface area contributed by atoms with Gasteiger partial charge in [0.15, 0.2) is 17.7 Å². The summed E-state index contributed by atoms with van der Waals surface area (Å²) in [6, 6.07) is -1.47. The smallest absolute Gasteiger partial charge is 0.320 e. The van der Waals surface area contributed by atoms with Gasteiger partial charge >= 0.3 is 5.97 Å². The van der Waals surface area contributed by atoms with E-state index in [-0.39, 0.29) is 25.3 Å². The molecular weight excluding hydrogens is 654 g/mol. The molecule has 0 bridgehead atoms. The van der Waals surface area contributed by atoms with Crippen molar-refractivity contribution in [1.82, 2.24) is 29.6 Å². The molecule has 6 atom stereocenters. The average molecular weight is 706 g/mol. The van der Waals surface area contributed by atoms with Crippen molar-refractivity contribution in [1.29, 1.82) is 0 Å². The Labute approximate surface area is 280 Å². The number of ether oxygens (including phenoxy) is 5. The number of fused-ring (bicyclic) bond motifs is 1. The maximum Gasteiger partial charge on any atom is 0.320 e. The number of rotatable bonds is 26. The second kappa shape index (κ2) is 20.8. The van der Waals surface area contributed by atoms with Gasteiger partial charge < -0.3 is 56.4 Å². The van der Waals surface area contributed by atoms with Gasteiger partial charge in [0.2, 0.25) is 10.0 Å². The van der Waals surface area contributed by atoms with Gasteiger partial charge in [-0.1, -0.05) is 0 Å². The van der Waals surface area contributed by atoms with Gasteiger partial charge in [-0.15, -0.1) is 0 Å². The van der Waals surface area contributed by atoms with E-state index in [2.05, 4.69) is 25.0 Å². The molecule has 1 aliphatic heterocycles. The third-order valence-electron chi connectivity index (χ3n) is 7.48. The molecule has 2 aromatic rings. The normalized spacial score (nSPS) is 21.2. The van der Waals surface area contributed by atoms with Crippen molar-refractivity contribution in [2.24, 2.45) is 11.5 Å². The Morgan fingerprint density at radius 1 is 1.00 bits per heavy atom. The molecule has 0 saturated carbocycles. The molecule has 0 radical (unpaired) electrons. The summed E-state index contributed by atoms with van der Waals surface area (Å²) in [5, 5.41) is 23.6. The molecule has 48 heavy (non-hydrogen) atoms. The van der Waals surface area contributed by atoms with Gasteiger partial charge in [-0.25, -0.2) is 28.1 Å². The molecule has 1 fully saturated rings. The Kier molecular flexibility index (Phi) is 17.2. The molecule has 274 valence electrons. The number of aliphatic hydroxyl groups excluding tert-OH is 1. The van der Waals surface area contributed by atoms with Crippen LogP contribution in [0.2, 0.25) is 0 Å². The van der Waals surface area contributed by atoms with E-state index in [4.69, 9.17) is 46.0 Å². The van der Waals surface area contributed by atoms with Crippen LogP contribution in [-0.2, 0) is 38.5 Å². The van der Waals surface area contributed by atoms with Crippen LogP contribution in [-0.4, -0.2) is 147 Å². The van der Waals surface area contributed by atoms with Crippen LogP contribution < -0.4 is 27.2 Å². The van der Waals surface area contributed by atoms with E-state index in [1.165, 1.54) is 12.7 Å². The number of imidazole rings is 1. The average Bonchev–Trinajstić information content (AvgIpc) is 3.60. The molecule has 3 heterocycles. The van der Waals surface area contributed by atoms with E-state index in [9.17, 15) is 18.3 Å². The first-order valence-corrected chi connectivity index (χ1v) is 17.9. The van der Waals surface area contributed by atoms with Crippen molar-refractivity contribution in [3.8, 4) is 0 Å². The second-order valence-electron chi connectivity index (χ2n) is 11.5. The number of carboxylic acid groups (broad SMARTS) is 1. The highest BCUT2D eigenvalue weighted by Gasteiger charge is 2.46. The Hall–Kier alpha value is -2.63. The van der Waals surface area contributed by atoms with Gasteiger partial charge in [0.1, 0.15) is 30.1 Å². The summed E-state index contributed by atoms with van der Waals surface area (Å²) in [5.74, 6) is -0.883. The lowest BCUT2D eigenvalue weighted by molar-refractivity contribution is -0.138. The predicted octanol–water partition coefficient (Wildman–Crippen LogP) is -2.07. The minimum atomic E-state index is -3.17. The zero-order valence-corrected chi connectivity index (χ0v) is 28.1. The molecule has 2 aromatic heterocycles. The summed E-state index contributed by atoms with van der Waals surface area (Å²) in [6.07, 6.45) is 2.86. The van der Waals surface area contributed by atoms with Gasteiger partial charge in [-0.05, 0) is 38.6 Å². The van der Waals surface area contributed by atoms with Crippen LogP contribution in [0, 0.1) is 0 Å². The van der Waals surface area contributed by atoms with Crippen LogP contribution in [0.15, 0.2) is 12.7 Å². The summed E-state index contributed by atoms with van der Waals surface area (Å²) in [7, 11) is -3.17. The van der Waals surface area contributed by atoms with Crippen molar-refractivity contribution in [2.45, 2.75) is 68.7 Å². The van der Waals surface area contributed by atoms with Gasteiger partial charge in [-0.3, -0.25) is 9.36 Å². The number of nitrogens with one attached hydrogen (secondary N) is 2. The summed E-state index contributed by atoms with van der Waals surface area (Å²) in [4.78, 5) is 23.6. The van der Waals surface area contributed by atoms with Crippen LogP contribution in [0.3, 0.4) is 0 Å². The van der Waals surface area contributed by atoms with E-state index < -0.39 is 52.6 Å². The fourth-order valence-electron chi connectivity index (χ4n) is 4.97. The van der Waals surface area contributed by atoms with Gasteiger partial charge in [0.05, 0.1) is 51.7 Å². The highest BCUT2D eigenvalue weighted by molar-refractivity contribution is 7.88. The monoisotopic (exact) mass is 705 g/mol. The van der Waals surface area contributed by atoms with Crippen molar-refractivity contribution in [3.05, 3.63) is 12.7 Å². The van der Waals surface area contributed by atoms with E-state index >= 15 is 0 Å². The number of carbonyl (C=O) groups is 1. The van der Waals surface area contributed by atoms with Crippen LogP contribution in [0.1, 0.15) is 38.3 Å². The Balaban J connectivity index is 1.33. The Bertz CT molecular complexity index is 1340. The van der Waals surface area contributed by atoms with E-state index in [0.717, 1.165) is 12.7 Å². The zero-order chi connectivity index (χ0) is 34.9. The topological polar surface area (TPSA) is 284 Å². The summed E-state index contributed by atoms with van der Waals surface area (Å²) >= 11 is 0. The number of anilines is 1. The highest BCUT2D eigenvalue weighted by Crippen LogP contribution is 2.35. The number of hydrogen-bond donors (Lipinski definition) is 7. The van der Waals surface area contributed by atoms with Gasteiger partial charge in [-0.2, -0.15) is 0 Å². The number of aliphatic hydroxyl groups is 1. The van der Waals surface area contributed by atoms with E-state index in [1.54, 1.807) is 4.57 Å². The third kappa shape index (κ3) is 13.7. The molecule has 19 nitrogen and oxygen atoms in total. The lowest BCUT2D eigenvalue weighted by Gasteiger charge is -2.22. The van der Waals surface area contributed by atoms with Gasteiger partial charge in [0.25, 0.3) is 0 Å². The number of nitrogen functional groups attached to an aromatic ring is 1. The first-order valence-electron chi connectivity index (χ1n) is 16.0. The number of aromatic nitrogens is 4. The third-order valence-corrected chi connectivity index (χ3v) is 8.21. The molecule has 10 N–H and O–H groups in total. The number of sulfonamides is 1. The fourth-order valence-corrected chi connectivity index (χ4v) is 5.49. The first-order chi connectivity index (χ1) is 23.0. The zero-order valence-electron chi connectivity index (χ0n) is 27.3. The van der Waals surface area contributed by atoms with Crippen LogP contribution in [0.25, 0.3) is 11.2 Å². The van der Waals surface area contributed by atoms with Crippen LogP contribution in [0.5, 0.6) is 0 Å². The minimum Gasteiger partial charge on any atom is -0.480 e. The number of carboxylic acids is 1. The molecule has 1 saturated heterocycles. The van der Waals surface area contributed by atoms with E-state index in [0.29, 0.717) is 83.3 Å². The Morgan fingerprint density at radius 3 is 2.33 bits per heavy atom.